The van der Waals surface area contributed by atoms with Gasteiger partial charge in [0.15, 0.2) is 5.75 Å². The van der Waals surface area contributed by atoms with Crippen LogP contribution in [0.1, 0.15) is 6.92 Å². The molecule has 2 rings (SSSR count). The van der Waals surface area contributed by atoms with Gasteiger partial charge in [-0.25, -0.2) is 0 Å². The van der Waals surface area contributed by atoms with Gasteiger partial charge in [0.1, 0.15) is 10.4 Å². The minimum absolute atomic E-state index is 0.463. The van der Waals surface area contributed by atoms with Gasteiger partial charge in [-0.1, -0.05) is 41.3 Å². The molecule has 0 saturated carbocycles. The highest BCUT2D eigenvalue weighted by Gasteiger charge is 2.45. The van der Waals surface area contributed by atoms with Gasteiger partial charge in [0, 0.05) is 0 Å². The molecule has 0 aliphatic carbocycles. The van der Waals surface area contributed by atoms with E-state index in [1.165, 1.54) is 0 Å². The zero-order valence-electron chi connectivity index (χ0n) is 9.02. The second kappa shape index (κ2) is 6.84. The number of benzene rings is 1. The van der Waals surface area contributed by atoms with Crippen molar-refractivity contribution in [3.8, 4) is 0 Å². The molecule has 0 bridgehead atoms. The van der Waals surface area contributed by atoms with Crippen molar-refractivity contribution in [2.75, 3.05) is 5.75 Å². The molecule has 1 aromatic rings. The van der Waals surface area contributed by atoms with Gasteiger partial charge in [-0.3, -0.25) is 0 Å². The summed E-state index contributed by atoms with van der Waals surface area (Å²) in [6.45, 7) is 1.82. The molecule has 1 aliphatic rings. The van der Waals surface area contributed by atoms with E-state index < -0.39 is 14.7 Å². The van der Waals surface area contributed by atoms with Gasteiger partial charge in [-0.2, -0.15) is 13.0 Å². The SMILES string of the molecule is CC[S+]=P1(O)ONS(=O)(=O)S1.c1ccccc1. The lowest BCUT2D eigenvalue weighted by Crippen LogP contribution is -2.09. The maximum absolute atomic E-state index is 10.7. The molecule has 17 heavy (non-hydrogen) atoms. The first-order valence-corrected chi connectivity index (χ1v) is 11.3. The van der Waals surface area contributed by atoms with Crippen molar-refractivity contribution in [2.24, 2.45) is 0 Å². The Morgan fingerprint density at radius 3 is 2.06 bits per heavy atom. The molecule has 9 heteroatoms. The molecular formula is C8H13NO4PS3+. The fourth-order valence-electron chi connectivity index (χ4n) is 0.843. The Morgan fingerprint density at radius 2 is 1.76 bits per heavy atom. The Bertz CT molecular complexity index is 464. The van der Waals surface area contributed by atoms with E-state index in [9.17, 15) is 13.3 Å². The highest BCUT2D eigenvalue weighted by Crippen LogP contribution is 2.63. The van der Waals surface area contributed by atoms with Crippen LogP contribution in [0.15, 0.2) is 36.4 Å². The van der Waals surface area contributed by atoms with Crippen molar-refractivity contribution >= 4 is 36.1 Å². The predicted octanol–water partition coefficient (Wildman–Crippen LogP) is 1.96. The molecule has 1 fully saturated rings. The van der Waals surface area contributed by atoms with Crippen LogP contribution >= 0.6 is 16.1 Å². The molecule has 0 aromatic heterocycles. The van der Waals surface area contributed by atoms with Crippen LogP contribution < -0.4 is 4.89 Å². The highest BCUT2D eigenvalue weighted by molar-refractivity contribution is 9.01. The second-order valence-electron chi connectivity index (χ2n) is 2.74. The summed E-state index contributed by atoms with van der Waals surface area (Å²) in [6, 6.07) is 12.0. The molecule has 1 aliphatic heterocycles. The van der Waals surface area contributed by atoms with E-state index in [0.29, 0.717) is 16.2 Å². The smallest absolute Gasteiger partial charge is 0.302 e. The van der Waals surface area contributed by atoms with Gasteiger partial charge in [0.05, 0.1) is 0 Å². The zero-order valence-corrected chi connectivity index (χ0v) is 12.4. The molecule has 0 radical (unpaired) electrons. The third-order valence-electron chi connectivity index (χ3n) is 1.41. The number of rotatable bonds is 1. The predicted molar refractivity (Wildman–Crippen MR) is 74.2 cm³/mol. The van der Waals surface area contributed by atoms with Crippen LogP contribution in [0.2, 0.25) is 0 Å². The summed E-state index contributed by atoms with van der Waals surface area (Å²) in [7, 11) is -1.88. The quantitative estimate of drug-likeness (QED) is 0.471. The van der Waals surface area contributed by atoms with Crippen molar-refractivity contribution < 1.29 is 17.9 Å². The summed E-state index contributed by atoms with van der Waals surface area (Å²) in [5.41, 5.74) is -2.81. The molecule has 1 atom stereocenters. The lowest BCUT2D eigenvalue weighted by atomic mass is 10.4. The van der Waals surface area contributed by atoms with Crippen molar-refractivity contribution in [1.82, 2.24) is 4.89 Å². The fourth-order valence-corrected chi connectivity index (χ4v) is 12.8. The van der Waals surface area contributed by atoms with Crippen LogP contribution in [0.4, 0.5) is 0 Å². The van der Waals surface area contributed by atoms with Crippen molar-refractivity contribution in [2.45, 2.75) is 6.92 Å². The fraction of sp³-hybridized carbons (Fsp3) is 0.250. The molecule has 1 unspecified atom stereocenters. The van der Waals surface area contributed by atoms with Gasteiger partial charge in [0.2, 0.25) is 10.9 Å². The standard InChI is InChI=1S/C6H6.C2H7NO4PS3/c1-2-4-6-5-3-1;1-2-9-8(4)7-3-11(5,6)10-8/h1-6H;3-4H,2H2,1H3/q;+1. The first-order chi connectivity index (χ1) is 7.97. The van der Waals surface area contributed by atoms with E-state index in [2.05, 4.69) is 4.62 Å². The van der Waals surface area contributed by atoms with Crippen LogP contribution in [0, 0.1) is 0 Å². The first-order valence-electron chi connectivity index (χ1n) is 4.65. The molecule has 1 heterocycles. The summed E-state index contributed by atoms with van der Waals surface area (Å²) >= 11 is 0. The topological polar surface area (TPSA) is 75.6 Å². The van der Waals surface area contributed by atoms with Crippen LogP contribution in [0.25, 0.3) is 0 Å². The van der Waals surface area contributed by atoms with E-state index in [1.54, 1.807) is 4.89 Å². The molecule has 5 nitrogen and oxygen atoms in total. The zero-order chi connectivity index (χ0) is 12.8. The van der Waals surface area contributed by atoms with Gasteiger partial charge in [-0.05, 0) is 6.92 Å². The van der Waals surface area contributed by atoms with Crippen LogP contribution in [-0.4, -0.2) is 19.1 Å². The first kappa shape index (κ1) is 15.1. The molecule has 96 valence electrons. The Morgan fingerprint density at radius 1 is 1.29 bits per heavy atom. The van der Waals surface area contributed by atoms with Crippen molar-refractivity contribution in [3.05, 3.63) is 36.4 Å². The molecule has 0 spiro atoms. The summed E-state index contributed by atoms with van der Waals surface area (Å²) in [4.78, 5) is 11.2. The summed E-state index contributed by atoms with van der Waals surface area (Å²) < 4.78 is 26.0. The molecule has 1 saturated heterocycles. The van der Waals surface area contributed by atoms with Crippen LogP contribution in [-0.2, 0) is 24.6 Å². The van der Waals surface area contributed by atoms with Gasteiger partial charge in [0.25, 0.3) is 9.06 Å². The van der Waals surface area contributed by atoms with Gasteiger partial charge >= 0.3 is 5.69 Å². The van der Waals surface area contributed by atoms with E-state index in [-0.39, 0.29) is 0 Å². The normalized spacial score (nSPS) is 25.8. The summed E-state index contributed by atoms with van der Waals surface area (Å²) in [6.07, 6.45) is 0. The monoisotopic (exact) mass is 314 g/mol. The lowest BCUT2D eigenvalue weighted by Gasteiger charge is -1.88. The van der Waals surface area contributed by atoms with Gasteiger partial charge in [-0.15, -0.1) is 0 Å². The molecule has 0 amide bonds. The van der Waals surface area contributed by atoms with Crippen LogP contribution in [0.3, 0.4) is 0 Å². The molecular weight excluding hydrogens is 301 g/mol. The van der Waals surface area contributed by atoms with Crippen molar-refractivity contribution in [3.63, 3.8) is 0 Å². The summed E-state index contributed by atoms with van der Waals surface area (Å²) in [5.74, 6) is 0.620. The Balaban J connectivity index is 0.000000202. The third-order valence-corrected chi connectivity index (χ3v) is 12.7. The van der Waals surface area contributed by atoms with Crippen LogP contribution in [0.5, 0.6) is 0 Å². The largest absolute Gasteiger partial charge is 0.466 e. The minimum atomic E-state index is -3.45. The highest BCUT2D eigenvalue weighted by atomic mass is 33.4. The Hall–Kier alpha value is 0.0500. The average molecular weight is 314 g/mol. The number of hydrogen-bond acceptors (Lipinski definition) is 4. The van der Waals surface area contributed by atoms with E-state index in [0.717, 1.165) is 10.9 Å². The lowest BCUT2D eigenvalue weighted by molar-refractivity contribution is 0.282. The Labute approximate surface area is 108 Å². The van der Waals surface area contributed by atoms with Gasteiger partial charge < -0.3 is 4.89 Å². The number of hydrogen-bond donors (Lipinski definition) is 2. The van der Waals surface area contributed by atoms with E-state index >= 15 is 0 Å². The minimum Gasteiger partial charge on any atom is -0.302 e. The third kappa shape index (κ3) is 5.96. The number of nitrogens with one attached hydrogen (secondary N) is 1. The molecule has 1 aromatic carbocycles. The van der Waals surface area contributed by atoms with Crippen molar-refractivity contribution in [1.29, 1.82) is 0 Å². The maximum Gasteiger partial charge on any atom is 0.466 e. The van der Waals surface area contributed by atoms with E-state index in [1.807, 2.05) is 43.3 Å². The average Bonchev–Trinajstić information content (AvgIpc) is 2.57. The maximum atomic E-state index is 10.7. The Kier molecular flexibility index (Phi) is 6.08. The second-order valence-corrected chi connectivity index (χ2v) is 13.5. The summed E-state index contributed by atoms with van der Waals surface area (Å²) in [5, 5.41) is 0. The molecule has 2 N–H and O–H groups in total. The van der Waals surface area contributed by atoms with E-state index in [4.69, 9.17) is 0 Å².